The minimum atomic E-state index is 0.00655. The van der Waals surface area contributed by atoms with Crippen molar-refractivity contribution in [1.29, 1.82) is 0 Å². The van der Waals surface area contributed by atoms with Gasteiger partial charge in [-0.1, -0.05) is 53.5 Å². The number of methoxy groups -OCH3 is 1. The van der Waals surface area contributed by atoms with Crippen LogP contribution in [-0.4, -0.2) is 49.0 Å². The van der Waals surface area contributed by atoms with Gasteiger partial charge in [0.25, 0.3) is 0 Å². The first-order valence-electron chi connectivity index (χ1n) is 11.5. The Labute approximate surface area is 216 Å². The van der Waals surface area contributed by atoms with Gasteiger partial charge in [0.15, 0.2) is 0 Å². The van der Waals surface area contributed by atoms with E-state index >= 15 is 0 Å². The Morgan fingerprint density at radius 2 is 1.71 bits per heavy atom. The summed E-state index contributed by atoms with van der Waals surface area (Å²) in [5, 5.41) is 1.31. The number of hydrogen-bond acceptors (Lipinski definition) is 4. The van der Waals surface area contributed by atoms with Gasteiger partial charge >= 0.3 is 0 Å². The Morgan fingerprint density at radius 3 is 2.43 bits per heavy atom. The highest BCUT2D eigenvalue weighted by Gasteiger charge is 2.20. The molecule has 3 aromatic rings. The summed E-state index contributed by atoms with van der Waals surface area (Å²) < 4.78 is 11.4. The highest BCUT2D eigenvalue weighted by Crippen LogP contribution is 2.24. The second-order valence-electron chi connectivity index (χ2n) is 8.34. The molecule has 1 amide bonds. The molecule has 5 nitrogen and oxygen atoms in total. The van der Waals surface area contributed by atoms with Crippen molar-refractivity contribution in [3.8, 4) is 11.5 Å². The molecule has 0 spiro atoms. The Balaban J connectivity index is 1.32. The smallest absolute Gasteiger partial charge is 0.246 e. The minimum Gasteiger partial charge on any atom is -0.496 e. The lowest BCUT2D eigenvalue weighted by molar-refractivity contribution is -0.127. The predicted molar refractivity (Wildman–Crippen MR) is 141 cm³/mol. The highest BCUT2D eigenvalue weighted by molar-refractivity contribution is 6.35. The number of nitrogens with zero attached hydrogens (tertiary/aromatic N) is 2. The molecule has 0 aromatic heterocycles. The summed E-state index contributed by atoms with van der Waals surface area (Å²) in [5.74, 6) is 1.55. The summed E-state index contributed by atoms with van der Waals surface area (Å²) in [5.41, 5.74) is 2.88. The number of piperazine rings is 1. The highest BCUT2D eigenvalue weighted by atomic mass is 35.5. The van der Waals surface area contributed by atoms with Gasteiger partial charge in [0.2, 0.25) is 5.91 Å². The molecule has 0 bridgehead atoms. The molecule has 0 aliphatic carbocycles. The van der Waals surface area contributed by atoms with E-state index in [1.807, 2.05) is 71.6 Å². The zero-order valence-corrected chi connectivity index (χ0v) is 21.1. The van der Waals surface area contributed by atoms with Crippen molar-refractivity contribution in [2.75, 3.05) is 33.3 Å². The van der Waals surface area contributed by atoms with E-state index in [4.69, 9.17) is 32.7 Å². The van der Waals surface area contributed by atoms with Crippen LogP contribution in [0.2, 0.25) is 10.0 Å². The largest absolute Gasteiger partial charge is 0.496 e. The zero-order valence-electron chi connectivity index (χ0n) is 19.6. The van der Waals surface area contributed by atoms with Crippen molar-refractivity contribution < 1.29 is 14.3 Å². The zero-order chi connectivity index (χ0) is 24.6. The fourth-order valence-corrected chi connectivity index (χ4v) is 4.45. The molecule has 182 valence electrons. The van der Waals surface area contributed by atoms with E-state index < -0.39 is 0 Å². The fraction of sp³-hybridized carbons (Fsp3) is 0.250. The van der Waals surface area contributed by atoms with Crippen molar-refractivity contribution in [2.45, 2.75) is 13.2 Å². The van der Waals surface area contributed by atoms with E-state index in [-0.39, 0.29) is 5.91 Å². The molecule has 1 saturated heterocycles. The molecule has 0 radical (unpaired) electrons. The maximum atomic E-state index is 12.8. The van der Waals surface area contributed by atoms with Crippen molar-refractivity contribution >= 4 is 35.2 Å². The summed E-state index contributed by atoms with van der Waals surface area (Å²) in [7, 11) is 1.64. The summed E-state index contributed by atoms with van der Waals surface area (Å²) in [6.45, 7) is 4.06. The molecular formula is C28H28Cl2N2O3. The van der Waals surface area contributed by atoms with Gasteiger partial charge in [-0.3, -0.25) is 9.69 Å². The van der Waals surface area contributed by atoms with E-state index in [9.17, 15) is 4.79 Å². The van der Waals surface area contributed by atoms with Crippen LogP contribution in [-0.2, 0) is 17.9 Å². The molecular weight excluding hydrogens is 483 g/mol. The monoisotopic (exact) mass is 510 g/mol. The lowest BCUT2D eigenvalue weighted by Crippen LogP contribution is -2.47. The number of para-hydroxylation sites is 1. The summed E-state index contributed by atoms with van der Waals surface area (Å²) in [6, 6.07) is 21.0. The Bertz CT molecular complexity index is 1180. The van der Waals surface area contributed by atoms with Gasteiger partial charge < -0.3 is 14.4 Å². The van der Waals surface area contributed by atoms with Crippen LogP contribution in [0.4, 0.5) is 0 Å². The van der Waals surface area contributed by atoms with Gasteiger partial charge in [-0.05, 0) is 53.6 Å². The number of amides is 1. The Morgan fingerprint density at radius 1 is 0.943 bits per heavy atom. The van der Waals surface area contributed by atoms with E-state index in [1.54, 1.807) is 19.3 Å². The molecule has 1 fully saturated rings. The lowest BCUT2D eigenvalue weighted by Gasteiger charge is -2.34. The van der Waals surface area contributed by atoms with Crippen LogP contribution < -0.4 is 9.47 Å². The first-order valence-corrected chi connectivity index (χ1v) is 12.3. The maximum absolute atomic E-state index is 12.8. The number of hydrogen-bond donors (Lipinski definition) is 0. The molecule has 4 rings (SSSR count). The molecule has 3 aromatic carbocycles. The molecule has 1 heterocycles. The first-order chi connectivity index (χ1) is 17.0. The van der Waals surface area contributed by atoms with Crippen molar-refractivity contribution in [1.82, 2.24) is 9.80 Å². The average molecular weight is 511 g/mol. The van der Waals surface area contributed by atoms with Crippen molar-refractivity contribution in [3.05, 3.63) is 99.5 Å². The number of ether oxygens (including phenoxy) is 2. The SMILES string of the molecule is COc1ccc(/C=C/C(=O)N2CCN(Cc3ccc(Cl)cc3Cl)CC2)cc1COc1ccccc1. The Hall–Kier alpha value is -2.99. The van der Waals surface area contributed by atoms with Crippen LogP contribution in [0.25, 0.3) is 6.08 Å². The summed E-state index contributed by atoms with van der Waals surface area (Å²) in [6.07, 6.45) is 3.48. The van der Waals surface area contributed by atoms with Gasteiger partial charge in [-0.25, -0.2) is 0 Å². The number of benzene rings is 3. The number of rotatable bonds is 8. The second-order valence-corrected chi connectivity index (χ2v) is 9.19. The molecule has 0 N–H and O–H groups in total. The number of carbonyl (C=O) groups is 1. The first kappa shape index (κ1) is 25.1. The third kappa shape index (κ3) is 7.01. The van der Waals surface area contributed by atoms with Crippen LogP contribution in [0.3, 0.4) is 0 Å². The van der Waals surface area contributed by atoms with E-state index in [1.165, 1.54) is 0 Å². The fourth-order valence-electron chi connectivity index (χ4n) is 3.98. The van der Waals surface area contributed by atoms with E-state index in [0.29, 0.717) is 29.7 Å². The van der Waals surface area contributed by atoms with E-state index in [2.05, 4.69) is 4.90 Å². The Kier molecular flexibility index (Phi) is 8.69. The van der Waals surface area contributed by atoms with Gasteiger partial charge in [-0.15, -0.1) is 0 Å². The van der Waals surface area contributed by atoms with Gasteiger partial charge in [0, 0.05) is 54.4 Å². The normalized spacial score (nSPS) is 14.3. The minimum absolute atomic E-state index is 0.00655. The van der Waals surface area contributed by atoms with Gasteiger partial charge in [0.05, 0.1) is 7.11 Å². The van der Waals surface area contributed by atoms with Gasteiger partial charge in [0.1, 0.15) is 18.1 Å². The van der Waals surface area contributed by atoms with Crippen molar-refractivity contribution in [3.63, 3.8) is 0 Å². The lowest BCUT2D eigenvalue weighted by atomic mass is 10.1. The molecule has 0 saturated carbocycles. The van der Waals surface area contributed by atoms with E-state index in [0.717, 1.165) is 47.8 Å². The second kappa shape index (κ2) is 12.1. The molecule has 1 aliphatic heterocycles. The quantitative estimate of drug-likeness (QED) is 0.351. The topological polar surface area (TPSA) is 42.0 Å². The van der Waals surface area contributed by atoms with Crippen LogP contribution >= 0.6 is 23.2 Å². The number of carbonyl (C=O) groups excluding carboxylic acids is 1. The molecule has 1 aliphatic rings. The average Bonchev–Trinajstić information content (AvgIpc) is 2.88. The molecule has 7 heteroatoms. The maximum Gasteiger partial charge on any atom is 0.246 e. The van der Waals surface area contributed by atoms with Crippen LogP contribution in [0.1, 0.15) is 16.7 Å². The third-order valence-electron chi connectivity index (χ3n) is 5.95. The van der Waals surface area contributed by atoms with Crippen LogP contribution in [0.5, 0.6) is 11.5 Å². The standard InChI is InChI=1S/C28H28Cl2N2O3/c1-34-27-11-7-21(17-23(27)20-35-25-5-3-2-4-6-25)8-12-28(33)32-15-13-31(14-16-32)19-22-9-10-24(29)18-26(22)30/h2-12,17-18H,13-16,19-20H2,1H3/b12-8+. The third-order valence-corrected chi connectivity index (χ3v) is 6.54. The summed E-state index contributed by atoms with van der Waals surface area (Å²) in [4.78, 5) is 17.0. The predicted octanol–water partition coefficient (Wildman–Crippen LogP) is 5.94. The number of halogens is 2. The van der Waals surface area contributed by atoms with Crippen LogP contribution in [0.15, 0.2) is 72.8 Å². The molecule has 35 heavy (non-hydrogen) atoms. The van der Waals surface area contributed by atoms with Crippen molar-refractivity contribution in [2.24, 2.45) is 0 Å². The summed E-state index contributed by atoms with van der Waals surface area (Å²) >= 11 is 12.3. The van der Waals surface area contributed by atoms with Gasteiger partial charge in [-0.2, -0.15) is 0 Å². The van der Waals surface area contributed by atoms with Crippen LogP contribution in [0, 0.1) is 0 Å². The molecule has 0 atom stereocenters. The molecule has 0 unspecified atom stereocenters.